The van der Waals surface area contributed by atoms with E-state index in [1.807, 2.05) is 0 Å². The molecule has 0 spiro atoms. The van der Waals surface area contributed by atoms with Crippen molar-refractivity contribution in [2.75, 3.05) is 20.1 Å². The zero-order valence-corrected chi connectivity index (χ0v) is 13.5. The second-order valence-corrected chi connectivity index (χ2v) is 7.96. The minimum absolute atomic E-state index is 0.458. The highest BCUT2D eigenvalue weighted by Crippen LogP contribution is 2.38. The van der Waals surface area contributed by atoms with E-state index in [9.17, 15) is 0 Å². The van der Waals surface area contributed by atoms with Gasteiger partial charge in [0.2, 0.25) is 0 Å². The first-order chi connectivity index (χ1) is 8.97. The maximum atomic E-state index is 4.05. The minimum Gasteiger partial charge on any atom is -0.311 e. The third kappa shape index (κ3) is 4.46. The smallest absolute Gasteiger partial charge is 0.0103 e. The number of hydrogen-bond acceptors (Lipinski definition) is 2. The van der Waals surface area contributed by atoms with E-state index >= 15 is 0 Å². The lowest BCUT2D eigenvalue weighted by Crippen LogP contribution is -2.48. The Morgan fingerprint density at radius 1 is 0.895 bits per heavy atom. The molecule has 3 atom stereocenters. The SMILES string of the molecule is CN1CCCC(NC2CCCCC2C(C)(C)C)CC1. The fraction of sp³-hybridized carbons (Fsp3) is 1.00. The molecule has 1 heterocycles. The fourth-order valence-electron chi connectivity index (χ4n) is 4.08. The van der Waals surface area contributed by atoms with E-state index in [1.165, 1.54) is 58.0 Å². The Morgan fingerprint density at radius 3 is 2.37 bits per heavy atom. The molecule has 19 heavy (non-hydrogen) atoms. The fourth-order valence-corrected chi connectivity index (χ4v) is 4.08. The van der Waals surface area contributed by atoms with Gasteiger partial charge in [0, 0.05) is 12.1 Å². The van der Waals surface area contributed by atoms with Crippen molar-refractivity contribution in [1.82, 2.24) is 10.2 Å². The van der Waals surface area contributed by atoms with Crippen LogP contribution in [0.3, 0.4) is 0 Å². The molecule has 1 aliphatic heterocycles. The van der Waals surface area contributed by atoms with Crippen LogP contribution in [-0.2, 0) is 0 Å². The number of nitrogens with one attached hydrogen (secondary N) is 1. The highest BCUT2D eigenvalue weighted by molar-refractivity contribution is 4.90. The van der Waals surface area contributed by atoms with Crippen molar-refractivity contribution in [2.45, 2.75) is 77.8 Å². The summed E-state index contributed by atoms with van der Waals surface area (Å²) in [6.07, 6.45) is 9.76. The zero-order chi connectivity index (χ0) is 13.9. The standard InChI is InChI=1S/C17H34N2/c1-17(2,3)15-9-5-6-10-16(15)18-14-8-7-12-19(4)13-11-14/h14-16,18H,5-13H2,1-4H3. The number of rotatable bonds is 2. The van der Waals surface area contributed by atoms with Crippen molar-refractivity contribution in [3.8, 4) is 0 Å². The van der Waals surface area contributed by atoms with Gasteiger partial charge in [0.1, 0.15) is 0 Å². The number of nitrogens with zero attached hydrogens (tertiary/aromatic N) is 1. The third-order valence-corrected chi connectivity index (χ3v) is 5.28. The molecule has 2 rings (SSSR count). The Morgan fingerprint density at radius 2 is 1.63 bits per heavy atom. The summed E-state index contributed by atoms with van der Waals surface area (Å²) in [5.41, 5.74) is 0.458. The van der Waals surface area contributed by atoms with E-state index < -0.39 is 0 Å². The van der Waals surface area contributed by atoms with E-state index in [1.54, 1.807) is 0 Å². The Balaban J connectivity index is 1.91. The van der Waals surface area contributed by atoms with Gasteiger partial charge in [0.25, 0.3) is 0 Å². The quantitative estimate of drug-likeness (QED) is 0.820. The summed E-state index contributed by atoms with van der Waals surface area (Å²) in [4.78, 5) is 2.49. The normalized spacial score (nSPS) is 35.1. The summed E-state index contributed by atoms with van der Waals surface area (Å²) in [5, 5.41) is 4.05. The van der Waals surface area contributed by atoms with Gasteiger partial charge in [-0.2, -0.15) is 0 Å². The maximum Gasteiger partial charge on any atom is 0.0103 e. The van der Waals surface area contributed by atoms with Crippen molar-refractivity contribution < 1.29 is 0 Å². The van der Waals surface area contributed by atoms with Crippen molar-refractivity contribution in [1.29, 1.82) is 0 Å². The van der Waals surface area contributed by atoms with E-state index in [0.29, 0.717) is 5.41 Å². The lowest BCUT2D eigenvalue weighted by atomic mass is 9.69. The van der Waals surface area contributed by atoms with Gasteiger partial charge in [0.15, 0.2) is 0 Å². The van der Waals surface area contributed by atoms with Crippen LogP contribution in [0, 0.1) is 11.3 Å². The van der Waals surface area contributed by atoms with Crippen LogP contribution in [0.15, 0.2) is 0 Å². The molecular weight excluding hydrogens is 232 g/mol. The zero-order valence-electron chi connectivity index (χ0n) is 13.5. The van der Waals surface area contributed by atoms with Gasteiger partial charge in [-0.3, -0.25) is 0 Å². The van der Waals surface area contributed by atoms with Crippen molar-refractivity contribution in [2.24, 2.45) is 11.3 Å². The average molecular weight is 266 g/mol. The molecule has 0 radical (unpaired) electrons. The molecular formula is C17H34N2. The van der Waals surface area contributed by atoms with Crippen LogP contribution in [0.1, 0.15) is 65.7 Å². The molecule has 2 fully saturated rings. The first kappa shape index (κ1) is 15.3. The van der Waals surface area contributed by atoms with Gasteiger partial charge in [-0.15, -0.1) is 0 Å². The van der Waals surface area contributed by atoms with Gasteiger partial charge < -0.3 is 10.2 Å². The first-order valence-electron chi connectivity index (χ1n) is 8.41. The largest absolute Gasteiger partial charge is 0.311 e. The maximum absolute atomic E-state index is 4.05. The molecule has 112 valence electrons. The summed E-state index contributed by atoms with van der Waals surface area (Å²) < 4.78 is 0. The Kier molecular flexibility index (Phi) is 5.30. The molecule has 0 bridgehead atoms. The molecule has 0 amide bonds. The Hall–Kier alpha value is -0.0800. The molecule has 1 aliphatic carbocycles. The topological polar surface area (TPSA) is 15.3 Å². The summed E-state index contributed by atoms with van der Waals surface area (Å²) in [5.74, 6) is 0.863. The second kappa shape index (κ2) is 6.58. The molecule has 3 unspecified atom stereocenters. The molecule has 2 aliphatic rings. The van der Waals surface area contributed by atoms with Gasteiger partial charge >= 0.3 is 0 Å². The predicted octanol–water partition coefficient (Wildman–Crippen LogP) is 3.67. The molecule has 1 saturated carbocycles. The number of hydrogen-bond donors (Lipinski definition) is 1. The summed E-state index contributed by atoms with van der Waals surface area (Å²) in [6.45, 7) is 9.84. The van der Waals surface area contributed by atoms with Gasteiger partial charge in [-0.1, -0.05) is 33.6 Å². The monoisotopic (exact) mass is 266 g/mol. The Bertz CT molecular complexity index is 269. The molecule has 0 aromatic heterocycles. The average Bonchev–Trinajstić information content (AvgIpc) is 2.54. The van der Waals surface area contributed by atoms with Gasteiger partial charge in [-0.25, -0.2) is 0 Å². The van der Waals surface area contributed by atoms with Crippen molar-refractivity contribution >= 4 is 0 Å². The summed E-state index contributed by atoms with van der Waals surface area (Å²) >= 11 is 0. The van der Waals surface area contributed by atoms with Crippen LogP contribution < -0.4 is 5.32 Å². The molecule has 1 saturated heterocycles. The van der Waals surface area contributed by atoms with Gasteiger partial charge in [0.05, 0.1) is 0 Å². The highest BCUT2D eigenvalue weighted by Gasteiger charge is 2.35. The van der Waals surface area contributed by atoms with Crippen molar-refractivity contribution in [3.05, 3.63) is 0 Å². The molecule has 2 heteroatoms. The highest BCUT2D eigenvalue weighted by atomic mass is 15.1. The minimum atomic E-state index is 0.458. The predicted molar refractivity (Wildman–Crippen MR) is 83.5 cm³/mol. The molecule has 0 aromatic carbocycles. The van der Waals surface area contributed by atoms with Crippen LogP contribution >= 0.6 is 0 Å². The Labute approximate surface area is 120 Å². The van der Waals surface area contributed by atoms with E-state index in [4.69, 9.17) is 0 Å². The van der Waals surface area contributed by atoms with E-state index in [-0.39, 0.29) is 0 Å². The lowest BCUT2D eigenvalue weighted by Gasteiger charge is -2.42. The summed E-state index contributed by atoms with van der Waals surface area (Å²) in [6, 6.07) is 1.53. The lowest BCUT2D eigenvalue weighted by molar-refractivity contribution is 0.121. The second-order valence-electron chi connectivity index (χ2n) is 7.96. The molecule has 0 aromatic rings. The van der Waals surface area contributed by atoms with Crippen LogP contribution in [0.2, 0.25) is 0 Å². The van der Waals surface area contributed by atoms with Crippen LogP contribution in [-0.4, -0.2) is 37.1 Å². The van der Waals surface area contributed by atoms with Crippen molar-refractivity contribution in [3.63, 3.8) is 0 Å². The van der Waals surface area contributed by atoms with E-state index in [0.717, 1.165) is 18.0 Å². The van der Waals surface area contributed by atoms with Crippen LogP contribution in [0.5, 0.6) is 0 Å². The van der Waals surface area contributed by atoms with Crippen LogP contribution in [0.25, 0.3) is 0 Å². The van der Waals surface area contributed by atoms with E-state index in [2.05, 4.69) is 38.0 Å². The van der Waals surface area contributed by atoms with Crippen LogP contribution in [0.4, 0.5) is 0 Å². The first-order valence-corrected chi connectivity index (χ1v) is 8.41. The number of likely N-dealkylation sites (tertiary alicyclic amines) is 1. The van der Waals surface area contributed by atoms with Gasteiger partial charge in [-0.05, 0) is 63.6 Å². The summed E-state index contributed by atoms with van der Waals surface area (Å²) in [7, 11) is 2.26. The molecule has 2 nitrogen and oxygen atoms in total. The third-order valence-electron chi connectivity index (χ3n) is 5.28. The molecule has 1 N–H and O–H groups in total.